The third-order valence-corrected chi connectivity index (χ3v) is 4.47. The van der Waals surface area contributed by atoms with Gasteiger partial charge in [0.25, 0.3) is 0 Å². The topological polar surface area (TPSA) is 74.6 Å². The lowest BCUT2D eigenvalue weighted by Crippen LogP contribution is -2.50. The van der Waals surface area contributed by atoms with E-state index in [9.17, 15) is 4.79 Å². The van der Waals surface area contributed by atoms with Gasteiger partial charge in [0.05, 0.1) is 20.2 Å². The normalized spacial score (nSPS) is 15.4. The number of ether oxygens (including phenoxy) is 1. The van der Waals surface area contributed by atoms with Crippen LogP contribution in [0.1, 0.15) is 5.76 Å². The molecule has 1 aliphatic heterocycles. The molecule has 0 aliphatic carbocycles. The summed E-state index contributed by atoms with van der Waals surface area (Å²) in [4.78, 5) is 16.5. The molecule has 0 radical (unpaired) electrons. The van der Waals surface area contributed by atoms with E-state index < -0.39 is 0 Å². The number of nitrogens with one attached hydrogen (secondary N) is 1. The number of furan rings is 1. The average molecular weight is 352 g/mol. The summed E-state index contributed by atoms with van der Waals surface area (Å²) in [5, 5.41) is 6.81. The predicted molar refractivity (Wildman–Crippen MR) is 96.9 cm³/mol. The van der Waals surface area contributed by atoms with Crippen molar-refractivity contribution in [2.45, 2.75) is 6.54 Å². The Bertz CT molecular complexity index is 888. The number of aromatic nitrogens is 2. The van der Waals surface area contributed by atoms with Crippen molar-refractivity contribution in [2.24, 2.45) is 0 Å². The van der Waals surface area contributed by atoms with Gasteiger partial charge in [-0.2, -0.15) is 5.10 Å². The van der Waals surface area contributed by atoms with Crippen molar-refractivity contribution in [3.05, 3.63) is 54.4 Å². The van der Waals surface area contributed by atoms with Crippen LogP contribution in [0.25, 0.3) is 11.5 Å². The Morgan fingerprint density at radius 2 is 2.15 bits per heavy atom. The number of aromatic amines is 1. The predicted octanol–water partition coefficient (Wildman–Crippen LogP) is 2.53. The minimum absolute atomic E-state index is 0.0739. The number of benzene rings is 1. The zero-order valence-electron chi connectivity index (χ0n) is 14.5. The number of rotatable bonds is 5. The van der Waals surface area contributed by atoms with Crippen LogP contribution < -0.4 is 9.64 Å². The number of carbonyl (C=O) groups is 1. The molecule has 0 unspecified atom stereocenters. The van der Waals surface area contributed by atoms with E-state index in [1.54, 1.807) is 18.2 Å². The summed E-state index contributed by atoms with van der Waals surface area (Å²) in [6.07, 6.45) is 1.69. The molecule has 3 aromatic rings. The van der Waals surface area contributed by atoms with Crippen LogP contribution in [0.5, 0.6) is 5.75 Å². The summed E-state index contributed by atoms with van der Waals surface area (Å²) in [7, 11) is 1.62. The molecule has 0 spiro atoms. The SMILES string of the molecule is COc1cccc(N2CCN(Cc3ccc(-c4ccn[nH]4)o3)CC2=O)c1. The molecule has 1 amide bonds. The zero-order valence-corrected chi connectivity index (χ0v) is 14.5. The molecule has 1 aliphatic rings. The fraction of sp³-hybridized carbons (Fsp3) is 0.263. The first-order valence-electron chi connectivity index (χ1n) is 8.48. The second-order valence-electron chi connectivity index (χ2n) is 6.19. The molecule has 7 nitrogen and oxygen atoms in total. The Kier molecular flexibility index (Phi) is 4.45. The van der Waals surface area contributed by atoms with Gasteiger partial charge in [-0.25, -0.2) is 0 Å². The highest BCUT2D eigenvalue weighted by atomic mass is 16.5. The molecule has 0 bridgehead atoms. The van der Waals surface area contributed by atoms with Gasteiger partial charge in [0, 0.05) is 31.0 Å². The van der Waals surface area contributed by atoms with E-state index in [2.05, 4.69) is 15.1 Å². The van der Waals surface area contributed by atoms with Crippen molar-refractivity contribution in [3.63, 3.8) is 0 Å². The molecule has 1 aromatic carbocycles. The maximum Gasteiger partial charge on any atom is 0.241 e. The summed E-state index contributed by atoms with van der Waals surface area (Å²) < 4.78 is 11.1. The Labute approximate surface area is 151 Å². The molecule has 0 atom stereocenters. The molecule has 134 valence electrons. The van der Waals surface area contributed by atoms with Gasteiger partial charge in [-0.05, 0) is 30.3 Å². The lowest BCUT2D eigenvalue weighted by atomic mass is 10.2. The van der Waals surface area contributed by atoms with E-state index in [4.69, 9.17) is 9.15 Å². The van der Waals surface area contributed by atoms with Crippen LogP contribution in [0.2, 0.25) is 0 Å². The van der Waals surface area contributed by atoms with E-state index in [0.29, 0.717) is 19.6 Å². The van der Waals surface area contributed by atoms with Gasteiger partial charge >= 0.3 is 0 Å². The number of hydrogen-bond acceptors (Lipinski definition) is 5. The van der Waals surface area contributed by atoms with E-state index in [-0.39, 0.29) is 5.91 Å². The number of carbonyl (C=O) groups excluding carboxylic acids is 1. The van der Waals surface area contributed by atoms with E-state index >= 15 is 0 Å². The molecule has 0 saturated carbocycles. The van der Waals surface area contributed by atoms with Crippen LogP contribution in [0.15, 0.2) is 53.1 Å². The van der Waals surface area contributed by atoms with Crippen LogP contribution >= 0.6 is 0 Å². The summed E-state index contributed by atoms with van der Waals surface area (Å²) in [5.74, 6) is 2.40. The van der Waals surface area contributed by atoms with Crippen molar-refractivity contribution in [1.29, 1.82) is 0 Å². The van der Waals surface area contributed by atoms with Gasteiger partial charge in [-0.15, -0.1) is 0 Å². The minimum atomic E-state index is 0.0739. The molecule has 26 heavy (non-hydrogen) atoms. The number of amides is 1. The fourth-order valence-corrected chi connectivity index (χ4v) is 3.13. The number of nitrogens with zero attached hydrogens (tertiary/aromatic N) is 3. The first-order valence-corrected chi connectivity index (χ1v) is 8.48. The van der Waals surface area contributed by atoms with Gasteiger partial charge in [-0.3, -0.25) is 14.8 Å². The monoisotopic (exact) mass is 352 g/mol. The number of methoxy groups -OCH3 is 1. The molecule has 3 heterocycles. The van der Waals surface area contributed by atoms with Crippen LogP contribution in [0.3, 0.4) is 0 Å². The van der Waals surface area contributed by atoms with Crippen LogP contribution in [0.4, 0.5) is 5.69 Å². The lowest BCUT2D eigenvalue weighted by molar-refractivity contribution is -0.121. The summed E-state index contributed by atoms with van der Waals surface area (Å²) in [5.41, 5.74) is 1.71. The van der Waals surface area contributed by atoms with Gasteiger partial charge in [-0.1, -0.05) is 6.07 Å². The molecule has 1 saturated heterocycles. The first-order chi connectivity index (χ1) is 12.7. The molecule has 1 N–H and O–H groups in total. The Morgan fingerprint density at radius 3 is 2.92 bits per heavy atom. The van der Waals surface area contributed by atoms with Crippen molar-refractivity contribution in [3.8, 4) is 17.2 Å². The van der Waals surface area contributed by atoms with Crippen molar-refractivity contribution < 1.29 is 13.9 Å². The van der Waals surface area contributed by atoms with Gasteiger partial charge in [0.2, 0.25) is 5.91 Å². The molecule has 7 heteroatoms. The van der Waals surface area contributed by atoms with Crippen LogP contribution in [0, 0.1) is 0 Å². The molecule has 2 aromatic heterocycles. The summed E-state index contributed by atoms with van der Waals surface area (Å²) in [6.45, 7) is 2.38. The summed E-state index contributed by atoms with van der Waals surface area (Å²) >= 11 is 0. The third-order valence-electron chi connectivity index (χ3n) is 4.47. The maximum atomic E-state index is 12.6. The van der Waals surface area contributed by atoms with Crippen molar-refractivity contribution >= 4 is 11.6 Å². The molecular formula is C19H20N4O3. The highest BCUT2D eigenvalue weighted by Gasteiger charge is 2.26. The molecule has 1 fully saturated rings. The number of anilines is 1. The maximum absolute atomic E-state index is 12.6. The molecule has 4 rings (SSSR count). The number of hydrogen-bond donors (Lipinski definition) is 1. The largest absolute Gasteiger partial charge is 0.497 e. The number of H-pyrrole nitrogens is 1. The van der Waals surface area contributed by atoms with Crippen LogP contribution in [-0.4, -0.2) is 47.7 Å². The standard InChI is InChI=1S/C19H20N4O3/c1-25-15-4-2-3-14(11-15)23-10-9-22(13-19(23)24)12-16-5-6-18(26-16)17-7-8-20-21-17/h2-8,11H,9-10,12-13H2,1H3,(H,20,21). The third kappa shape index (κ3) is 3.34. The van der Waals surface area contributed by atoms with E-state index in [0.717, 1.165) is 35.2 Å². The van der Waals surface area contributed by atoms with Gasteiger partial charge < -0.3 is 14.1 Å². The first kappa shape index (κ1) is 16.4. The Morgan fingerprint density at radius 1 is 1.23 bits per heavy atom. The van der Waals surface area contributed by atoms with Crippen molar-refractivity contribution in [1.82, 2.24) is 15.1 Å². The second kappa shape index (κ2) is 7.05. The fourth-order valence-electron chi connectivity index (χ4n) is 3.13. The highest BCUT2D eigenvalue weighted by molar-refractivity contribution is 5.95. The Balaban J connectivity index is 1.40. The smallest absolute Gasteiger partial charge is 0.241 e. The minimum Gasteiger partial charge on any atom is -0.497 e. The van der Waals surface area contributed by atoms with Crippen LogP contribution in [-0.2, 0) is 11.3 Å². The number of piperazine rings is 1. The summed E-state index contributed by atoms with van der Waals surface area (Å²) in [6, 6.07) is 13.3. The average Bonchev–Trinajstić information content (AvgIpc) is 3.33. The highest BCUT2D eigenvalue weighted by Crippen LogP contribution is 2.24. The molecular weight excluding hydrogens is 332 g/mol. The van der Waals surface area contributed by atoms with E-state index in [1.165, 1.54) is 0 Å². The van der Waals surface area contributed by atoms with Gasteiger partial charge in [0.1, 0.15) is 17.2 Å². The van der Waals surface area contributed by atoms with E-state index in [1.807, 2.05) is 42.5 Å². The quantitative estimate of drug-likeness (QED) is 0.764. The lowest BCUT2D eigenvalue weighted by Gasteiger charge is -2.34. The van der Waals surface area contributed by atoms with Crippen molar-refractivity contribution in [2.75, 3.05) is 31.6 Å². The second-order valence-corrected chi connectivity index (χ2v) is 6.19. The Hall–Kier alpha value is -3.06. The van der Waals surface area contributed by atoms with Gasteiger partial charge in [0.15, 0.2) is 5.76 Å². The zero-order chi connectivity index (χ0) is 17.9.